The lowest BCUT2D eigenvalue weighted by atomic mass is 10.3. The number of benzene rings is 2. The molecule has 1 N–H and O–H groups in total. The predicted octanol–water partition coefficient (Wildman–Crippen LogP) is 0.933. The molecule has 3 rings (SSSR count). The van der Waals surface area contributed by atoms with Crippen molar-refractivity contribution in [2.45, 2.75) is 4.90 Å². The van der Waals surface area contributed by atoms with Crippen molar-refractivity contribution in [1.82, 2.24) is 4.31 Å². The monoisotopic (exact) mass is 383 g/mol. The van der Waals surface area contributed by atoms with E-state index in [1.165, 1.54) is 9.21 Å². The summed E-state index contributed by atoms with van der Waals surface area (Å²) < 4.78 is 58.5. The summed E-state index contributed by atoms with van der Waals surface area (Å²) in [6.45, 7) is 3.27. The minimum Gasteiger partial charge on any atom is -0.488 e. The number of hydrogen-bond acceptors (Lipinski definition) is 3. The van der Waals surface area contributed by atoms with E-state index < -0.39 is 21.7 Å². The first kappa shape index (κ1) is 18.8. The normalized spacial score (nSPS) is 16.5. The van der Waals surface area contributed by atoms with Gasteiger partial charge in [0.1, 0.15) is 18.9 Å². The summed E-state index contributed by atoms with van der Waals surface area (Å²) in [6.07, 6.45) is 0. The Morgan fingerprint density at radius 1 is 1.00 bits per heavy atom. The molecule has 1 heterocycles. The second kappa shape index (κ2) is 8.11. The number of piperazine rings is 1. The lowest BCUT2D eigenvalue weighted by molar-refractivity contribution is -0.903. The molecular formula is C18H21F2N2O3S+. The summed E-state index contributed by atoms with van der Waals surface area (Å²) >= 11 is 0. The van der Waals surface area contributed by atoms with Gasteiger partial charge in [0.15, 0.2) is 11.6 Å². The Kier molecular flexibility index (Phi) is 5.85. The summed E-state index contributed by atoms with van der Waals surface area (Å²) in [5.41, 5.74) is 0. The van der Waals surface area contributed by atoms with Crippen molar-refractivity contribution in [1.29, 1.82) is 0 Å². The fourth-order valence-corrected chi connectivity index (χ4v) is 4.36. The zero-order valence-corrected chi connectivity index (χ0v) is 15.0. The highest BCUT2D eigenvalue weighted by atomic mass is 32.2. The fraction of sp³-hybridized carbons (Fsp3) is 0.333. The third kappa shape index (κ3) is 4.38. The van der Waals surface area contributed by atoms with E-state index in [-0.39, 0.29) is 4.90 Å². The van der Waals surface area contributed by atoms with Crippen molar-refractivity contribution < 1.29 is 26.8 Å². The van der Waals surface area contributed by atoms with Crippen LogP contribution in [0.2, 0.25) is 0 Å². The minimum absolute atomic E-state index is 0.215. The van der Waals surface area contributed by atoms with Gasteiger partial charge in [-0.05, 0) is 30.3 Å². The highest BCUT2D eigenvalue weighted by molar-refractivity contribution is 7.89. The Morgan fingerprint density at radius 3 is 2.35 bits per heavy atom. The maximum Gasteiger partial charge on any atom is 0.243 e. The van der Waals surface area contributed by atoms with Crippen LogP contribution >= 0.6 is 0 Å². The van der Waals surface area contributed by atoms with E-state index in [0.29, 0.717) is 32.8 Å². The average Bonchev–Trinajstić information content (AvgIpc) is 2.65. The van der Waals surface area contributed by atoms with E-state index in [1.54, 1.807) is 0 Å². The van der Waals surface area contributed by atoms with Gasteiger partial charge in [0.2, 0.25) is 10.0 Å². The van der Waals surface area contributed by atoms with Gasteiger partial charge >= 0.3 is 0 Å². The summed E-state index contributed by atoms with van der Waals surface area (Å²) in [4.78, 5) is 1.03. The number of ether oxygens (including phenoxy) is 1. The van der Waals surface area contributed by atoms with Crippen LogP contribution in [-0.4, -0.2) is 52.1 Å². The van der Waals surface area contributed by atoms with E-state index in [9.17, 15) is 17.2 Å². The Morgan fingerprint density at radius 2 is 1.69 bits per heavy atom. The molecule has 8 heteroatoms. The molecule has 1 saturated heterocycles. The molecule has 0 aromatic heterocycles. The molecule has 0 spiro atoms. The molecule has 5 nitrogen and oxygen atoms in total. The van der Waals surface area contributed by atoms with Crippen LogP contribution in [-0.2, 0) is 10.0 Å². The molecule has 0 saturated carbocycles. The third-order valence-corrected chi connectivity index (χ3v) is 6.32. The molecule has 0 aliphatic carbocycles. The fourth-order valence-electron chi connectivity index (χ4n) is 2.91. The summed E-state index contributed by atoms with van der Waals surface area (Å²) in [5.74, 6) is -1.41. The molecule has 2 aromatic rings. The van der Waals surface area contributed by atoms with E-state index >= 15 is 0 Å². The van der Waals surface area contributed by atoms with Gasteiger partial charge in [-0.2, -0.15) is 4.31 Å². The molecule has 0 radical (unpaired) electrons. The number of para-hydroxylation sites is 1. The van der Waals surface area contributed by atoms with E-state index in [2.05, 4.69) is 0 Å². The van der Waals surface area contributed by atoms with Gasteiger partial charge in [-0.1, -0.05) is 18.2 Å². The second-order valence-electron chi connectivity index (χ2n) is 6.14. The quantitative estimate of drug-likeness (QED) is 0.808. The van der Waals surface area contributed by atoms with Crippen molar-refractivity contribution in [3.63, 3.8) is 0 Å². The smallest absolute Gasteiger partial charge is 0.243 e. The summed E-state index contributed by atoms with van der Waals surface area (Å²) in [7, 11) is -3.81. The topological polar surface area (TPSA) is 51.0 Å². The number of halogens is 2. The number of rotatable bonds is 6. The van der Waals surface area contributed by atoms with Crippen LogP contribution in [0.25, 0.3) is 0 Å². The largest absolute Gasteiger partial charge is 0.488 e. The molecule has 1 aliphatic rings. The zero-order valence-electron chi connectivity index (χ0n) is 14.2. The summed E-state index contributed by atoms with van der Waals surface area (Å²) in [5, 5.41) is 0. The van der Waals surface area contributed by atoms with Crippen LogP contribution in [0, 0.1) is 11.6 Å². The van der Waals surface area contributed by atoms with Gasteiger partial charge < -0.3 is 9.64 Å². The molecule has 26 heavy (non-hydrogen) atoms. The number of hydrogen-bond donors (Lipinski definition) is 1. The number of quaternary nitrogens is 1. The first-order chi connectivity index (χ1) is 12.5. The molecule has 0 unspecified atom stereocenters. The van der Waals surface area contributed by atoms with Gasteiger partial charge in [-0.15, -0.1) is 0 Å². The molecule has 140 valence electrons. The van der Waals surface area contributed by atoms with Crippen LogP contribution in [0.3, 0.4) is 0 Å². The molecular weight excluding hydrogens is 362 g/mol. The van der Waals surface area contributed by atoms with Gasteiger partial charge in [0.05, 0.1) is 31.1 Å². The van der Waals surface area contributed by atoms with Gasteiger partial charge in [0.25, 0.3) is 0 Å². The third-order valence-electron chi connectivity index (χ3n) is 4.43. The maximum atomic E-state index is 13.3. The van der Waals surface area contributed by atoms with Crippen LogP contribution in [0.15, 0.2) is 53.4 Å². The Balaban J connectivity index is 1.52. The predicted molar refractivity (Wildman–Crippen MR) is 92.6 cm³/mol. The Hall–Kier alpha value is -2.03. The molecule has 0 atom stereocenters. The number of nitrogens with one attached hydrogen (secondary N) is 1. The maximum absolute atomic E-state index is 13.3. The van der Waals surface area contributed by atoms with E-state index in [4.69, 9.17) is 4.74 Å². The Labute approximate surface area is 151 Å². The SMILES string of the molecule is O=S(=O)(c1ccc(F)c(F)c1)N1CC[NH+](CCOc2ccccc2)CC1. The zero-order chi connectivity index (χ0) is 18.6. The number of nitrogens with zero attached hydrogens (tertiary/aromatic N) is 1. The molecule has 2 aromatic carbocycles. The van der Waals surface area contributed by atoms with Crippen LogP contribution in [0.1, 0.15) is 0 Å². The lowest BCUT2D eigenvalue weighted by Gasteiger charge is -2.31. The summed E-state index contributed by atoms with van der Waals surface area (Å²) in [6, 6.07) is 12.2. The van der Waals surface area contributed by atoms with E-state index in [1.807, 2.05) is 30.3 Å². The highest BCUT2D eigenvalue weighted by Crippen LogP contribution is 2.18. The highest BCUT2D eigenvalue weighted by Gasteiger charge is 2.30. The molecule has 1 aliphatic heterocycles. The van der Waals surface area contributed by atoms with Crippen LogP contribution < -0.4 is 9.64 Å². The molecule has 1 fully saturated rings. The van der Waals surface area contributed by atoms with Crippen LogP contribution in [0.5, 0.6) is 5.75 Å². The minimum atomic E-state index is -3.81. The van der Waals surface area contributed by atoms with Crippen LogP contribution in [0.4, 0.5) is 8.78 Å². The second-order valence-corrected chi connectivity index (χ2v) is 8.08. The first-order valence-corrected chi connectivity index (χ1v) is 9.87. The van der Waals surface area contributed by atoms with Crippen molar-refractivity contribution in [3.05, 3.63) is 60.2 Å². The average molecular weight is 383 g/mol. The van der Waals surface area contributed by atoms with Crippen molar-refractivity contribution in [2.24, 2.45) is 0 Å². The van der Waals surface area contributed by atoms with Gasteiger partial charge in [0, 0.05) is 0 Å². The van der Waals surface area contributed by atoms with Crippen molar-refractivity contribution in [3.8, 4) is 5.75 Å². The van der Waals surface area contributed by atoms with Gasteiger partial charge in [-0.25, -0.2) is 17.2 Å². The standard InChI is InChI=1S/C18H20F2N2O3S/c19-17-7-6-16(14-18(17)20)26(23,24)22-10-8-21(9-11-22)12-13-25-15-4-2-1-3-5-15/h1-7,14H,8-13H2/p+1. The lowest BCUT2D eigenvalue weighted by Crippen LogP contribution is -3.15. The first-order valence-electron chi connectivity index (χ1n) is 8.43. The Bertz CT molecular complexity index is 839. The molecule has 0 bridgehead atoms. The van der Waals surface area contributed by atoms with Crippen molar-refractivity contribution >= 4 is 10.0 Å². The number of sulfonamides is 1. The molecule has 0 amide bonds. The van der Waals surface area contributed by atoms with Gasteiger partial charge in [-0.3, -0.25) is 0 Å². The van der Waals surface area contributed by atoms with E-state index in [0.717, 1.165) is 30.5 Å². The van der Waals surface area contributed by atoms with Crippen molar-refractivity contribution in [2.75, 3.05) is 39.3 Å².